The van der Waals surface area contributed by atoms with Crippen LogP contribution < -0.4 is 0 Å². The molecule has 0 spiro atoms. The summed E-state index contributed by atoms with van der Waals surface area (Å²) in [5, 5.41) is 9.48. The molecule has 1 amide bonds. The highest BCUT2D eigenvalue weighted by Crippen LogP contribution is 2.38. The Balaban J connectivity index is 2.11. The molecule has 0 radical (unpaired) electrons. The van der Waals surface area contributed by atoms with E-state index >= 15 is 0 Å². The Hall–Kier alpha value is -1.10. The Bertz CT molecular complexity index is 329. The van der Waals surface area contributed by atoms with Gasteiger partial charge in [0.05, 0.1) is 0 Å². The van der Waals surface area contributed by atoms with Gasteiger partial charge in [0.2, 0.25) is 5.91 Å². The molecule has 1 heterocycles. The maximum Gasteiger partial charge on any atom is 0.319 e. The molecule has 0 bridgehead atoms. The molecule has 102 valence electrons. The van der Waals surface area contributed by atoms with E-state index in [1.807, 2.05) is 7.05 Å². The lowest BCUT2D eigenvalue weighted by molar-refractivity contribution is -0.164. The second-order valence-corrected chi connectivity index (χ2v) is 5.54. The Kier molecular flexibility index (Phi) is 3.90. The van der Waals surface area contributed by atoms with Gasteiger partial charge in [0, 0.05) is 26.2 Å². The third-order valence-corrected chi connectivity index (χ3v) is 4.32. The number of carboxylic acids is 1. The number of piperazine rings is 1. The van der Waals surface area contributed by atoms with Crippen LogP contribution in [0.25, 0.3) is 0 Å². The van der Waals surface area contributed by atoms with E-state index in [2.05, 4.69) is 4.90 Å². The molecule has 1 saturated carbocycles. The molecule has 1 aliphatic heterocycles. The standard InChI is InChI=1S/C13H22N2O3/c1-14-7-9-15(10-8-14)11(16)13(12(17)18)5-3-2-4-6-13/h2-10H2,1H3,(H,17,18). The van der Waals surface area contributed by atoms with E-state index in [9.17, 15) is 14.7 Å². The van der Waals surface area contributed by atoms with Gasteiger partial charge in [0.15, 0.2) is 0 Å². The molecule has 2 fully saturated rings. The lowest BCUT2D eigenvalue weighted by Crippen LogP contribution is -2.55. The van der Waals surface area contributed by atoms with E-state index in [1.54, 1.807) is 4.90 Å². The molecule has 0 unspecified atom stereocenters. The van der Waals surface area contributed by atoms with Crippen molar-refractivity contribution < 1.29 is 14.7 Å². The summed E-state index contributed by atoms with van der Waals surface area (Å²) in [5.41, 5.74) is -1.13. The number of carboxylic acid groups (broad SMARTS) is 1. The van der Waals surface area contributed by atoms with Crippen molar-refractivity contribution in [3.8, 4) is 0 Å². The van der Waals surface area contributed by atoms with Crippen molar-refractivity contribution in [3.63, 3.8) is 0 Å². The first-order chi connectivity index (χ1) is 8.56. The largest absolute Gasteiger partial charge is 0.480 e. The van der Waals surface area contributed by atoms with Crippen molar-refractivity contribution in [3.05, 3.63) is 0 Å². The number of rotatable bonds is 2. The topological polar surface area (TPSA) is 60.9 Å². The van der Waals surface area contributed by atoms with Crippen molar-refractivity contribution in [2.75, 3.05) is 33.2 Å². The van der Waals surface area contributed by atoms with Crippen molar-refractivity contribution in [1.82, 2.24) is 9.80 Å². The fourth-order valence-electron chi connectivity index (χ4n) is 2.99. The Morgan fingerprint density at radius 2 is 1.56 bits per heavy atom. The second kappa shape index (κ2) is 5.26. The van der Waals surface area contributed by atoms with Crippen molar-refractivity contribution in [2.45, 2.75) is 32.1 Å². The van der Waals surface area contributed by atoms with Crippen LogP contribution in [0.3, 0.4) is 0 Å². The Labute approximate surface area is 108 Å². The molecule has 1 saturated heterocycles. The minimum Gasteiger partial charge on any atom is -0.480 e. The van der Waals surface area contributed by atoms with E-state index in [1.165, 1.54) is 0 Å². The normalized spacial score (nSPS) is 24.8. The quantitative estimate of drug-likeness (QED) is 0.740. The molecule has 0 atom stereocenters. The van der Waals surface area contributed by atoms with E-state index in [0.29, 0.717) is 25.9 Å². The van der Waals surface area contributed by atoms with Crippen LogP contribution in [0.15, 0.2) is 0 Å². The number of carbonyl (C=O) groups is 2. The smallest absolute Gasteiger partial charge is 0.319 e. The first kappa shape index (κ1) is 13.3. The van der Waals surface area contributed by atoms with Gasteiger partial charge >= 0.3 is 5.97 Å². The molecule has 1 N–H and O–H groups in total. The second-order valence-electron chi connectivity index (χ2n) is 5.54. The monoisotopic (exact) mass is 254 g/mol. The fraction of sp³-hybridized carbons (Fsp3) is 0.846. The van der Waals surface area contributed by atoms with Crippen molar-refractivity contribution in [1.29, 1.82) is 0 Å². The van der Waals surface area contributed by atoms with E-state index in [4.69, 9.17) is 0 Å². The molecule has 0 aromatic rings. The van der Waals surface area contributed by atoms with Gasteiger partial charge in [-0.2, -0.15) is 0 Å². The lowest BCUT2D eigenvalue weighted by Gasteiger charge is -2.39. The zero-order valence-corrected chi connectivity index (χ0v) is 11.0. The summed E-state index contributed by atoms with van der Waals surface area (Å²) in [4.78, 5) is 28.0. The summed E-state index contributed by atoms with van der Waals surface area (Å²) in [5.74, 6) is -1.08. The third kappa shape index (κ3) is 2.36. The van der Waals surface area contributed by atoms with Crippen LogP contribution in [0.4, 0.5) is 0 Å². The summed E-state index contributed by atoms with van der Waals surface area (Å²) < 4.78 is 0. The number of aliphatic carboxylic acids is 1. The zero-order chi connectivity index (χ0) is 13.2. The van der Waals surface area contributed by atoms with Crippen LogP contribution in [0.2, 0.25) is 0 Å². The maximum atomic E-state index is 12.5. The minimum atomic E-state index is -1.13. The molecule has 18 heavy (non-hydrogen) atoms. The van der Waals surface area contributed by atoms with Gasteiger partial charge < -0.3 is 14.9 Å². The predicted molar refractivity (Wildman–Crippen MR) is 67.2 cm³/mol. The summed E-state index contributed by atoms with van der Waals surface area (Å²) in [6.45, 7) is 2.98. The average molecular weight is 254 g/mol. The first-order valence-corrected chi connectivity index (χ1v) is 6.77. The molecular weight excluding hydrogens is 232 g/mol. The average Bonchev–Trinajstić information content (AvgIpc) is 2.39. The van der Waals surface area contributed by atoms with Crippen LogP contribution in [-0.2, 0) is 9.59 Å². The molecule has 1 aliphatic carbocycles. The van der Waals surface area contributed by atoms with Crippen molar-refractivity contribution >= 4 is 11.9 Å². The summed E-state index contributed by atoms with van der Waals surface area (Å²) in [6.07, 6.45) is 3.77. The molecule has 0 aromatic carbocycles. The third-order valence-electron chi connectivity index (χ3n) is 4.32. The van der Waals surface area contributed by atoms with Gasteiger partial charge in [-0.05, 0) is 19.9 Å². The van der Waals surface area contributed by atoms with E-state index < -0.39 is 11.4 Å². The van der Waals surface area contributed by atoms with Crippen molar-refractivity contribution in [2.24, 2.45) is 5.41 Å². The molecular formula is C13H22N2O3. The number of likely N-dealkylation sites (N-methyl/N-ethyl adjacent to an activating group) is 1. The maximum absolute atomic E-state index is 12.5. The van der Waals surface area contributed by atoms with Gasteiger partial charge in [0.25, 0.3) is 0 Å². The highest BCUT2D eigenvalue weighted by Gasteiger charge is 2.48. The van der Waals surface area contributed by atoms with Crippen LogP contribution in [-0.4, -0.2) is 60.0 Å². The number of amides is 1. The lowest BCUT2D eigenvalue weighted by atomic mass is 9.73. The van der Waals surface area contributed by atoms with Crippen LogP contribution in [0.5, 0.6) is 0 Å². The number of hydrogen-bond acceptors (Lipinski definition) is 3. The van der Waals surface area contributed by atoms with Crippen LogP contribution in [0, 0.1) is 5.41 Å². The number of carbonyl (C=O) groups excluding carboxylic acids is 1. The zero-order valence-electron chi connectivity index (χ0n) is 11.0. The van der Waals surface area contributed by atoms with Crippen LogP contribution in [0.1, 0.15) is 32.1 Å². The summed E-state index contributed by atoms with van der Waals surface area (Å²) in [7, 11) is 2.02. The van der Waals surface area contributed by atoms with E-state index in [-0.39, 0.29) is 5.91 Å². The molecule has 0 aromatic heterocycles. The Morgan fingerprint density at radius 3 is 2.06 bits per heavy atom. The predicted octanol–water partition coefficient (Wildman–Crippen LogP) is 0.795. The van der Waals surface area contributed by atoms with Crippen LogP contribution >= 0.6 is 0 Å². The van der Waals surface area contributed by atoms with Gasteiger partial charge in [-0.25, -0.2) is 0 Å². The highest BCUT2D eigenvalue weighted by molar-refractivity contribution is 6.02. The molecule has 5 nitrogen and oxygen atoms in total. The molecule has 2 rings (SSSR count). The highest BCUT2D eigenvalue weighted by atomic mass is 16.4. The van der Waals surface area contributed by atoms with Gasteiger partial charge in [0.1, 0.15) is 5.41 Å². The number of hydrogen-bond donors (Lipinski definition) is 1. The van der Waals surface area contributed by atoms with Gasteiger partial charge in [-0.1, -0.05) is 19.3 Å². The molecule has 5 heteroatoms. The van der Waals surface area contributed by atoms with E-state index in [0.717, 1.165) is 32.4 Å². The Morgan fingerprint density at radius 1 is 1.00 bits per heavy atom. The molecule has 2 aliphatic rings. The fourth-order valence-corrected chi connectivity index (χ4v) is 2.99. The van der Waals surface area contributed by atoms with Gasteiger partial charge in [-0.15, -0.1) is 0 Å². The summed E-state index contributed by atoms with van der Waals surface area (Å²) >= 11 is 0. The minimum absolute atomic E-state index is 0.150. The van der Waals surface area contributed by atoms with Gasteiger partial charge in [-0.3, -0.25) is 9.59 Å². The SMILES string of the molecule is CN1CCN(C(=O)C2(C(=O)O)CCCCC2)CC1. The summed E-state index contributed by atoms with van der Waals surface area (Å²) in [6, 6.07) is 0. The first-order valence-electron chi connectivity index (χ1n) is 6.77. The number of nitrogens with zero attached hydrogens (tertiary/aromatic N) is 2.